The zero-order valence-corrected chi connectivity index (χ0v) is 17.7. The summed E-state index contributed by atoms with van der Waals surface area (Å²) >= 11 is 0. The number of ether oxygens (including phenoxy) is 1. The Kier molecular flexibility index (Phi) is 6.33. The van der Waals surface area contributed by atoms with Gasteiger partial charge in [0.05, 0.1) is 11.7 Å². The number of allylic oxidation sites excluding steroid dienone is 2. The lowest BCUT2D eigenvalue weighted by Crippen LogP contribution is -2.24. The zero-order valence-electron chi connectivity index (χ0n) is 17.7. The monoisotopic (exact) mass is 428 g/mol. The summed E-state index contributed by atoms with van der Waals surface area (Å²) in [6, 6.07) is 18.3. The molecule has 3 aromatic rings. The van der Waals surface area contributed by atoms with Gasteiger partial charge in [0, 0.05) is 24.9 Å². The van der Waals surface area contributed by atoms with Gasteiger partial charge in [0.15, 0.2) is 0 Å². The molecule has 0 aliphatic heterocycles. The highest BCUT2D eigenvalue weighted by molar-refractivity contribution is 6.00. The Morgan fingerprint density at radius 3 is 2.50 bits per heavy atom. The van der Waals surface area contributed by atoms with Crippen LogP contribution in [0.15, 0.2) is 78.9 Å². The molecule has 1 aliphatic rings. The van der Waals surface area contributed by atoms with Crippen LogP contribution in [0, 0.1) is 0 Å². The average molecular weight is 428 g/mol. The maximum absolute atomic E-state index is 13.1. The largest absolute Gasteiger partial charge is 0.478 e. The van der Waals surface area contributed by atoms with E-state index in [1.54, 1.807) is 19.2 Å². The third kappa shape index (κ3) is 4.71. The topological polar surface area (TPSA) is 91.4 Å². The molecule has 6 heteroatoms. The molecule has 0 bridgehead atoms. The van der Waals surface area contributed by atoms with Crippen molar-refractivity contribution < 1.29 is 19.4 Å². The number of aromatic amines is 1. The summed E-state index contributed by atoms with van der Waals surface area (Å²) in [7, 11) is 1.68. The highest BCUT2D eigenvalue weighted by Gasteiger charge is 2.20. The molecule has 1 unspecified atom stereocenters. The molecule has 0 saturated heterocycles. The second kappa shape index (κ2) is 9.49. The van der Waals surface area contributed by atoms with Crippen molar-refractivity contribution in [3.63, 3.8) is 0 Å². The molecule has 162 valence electrons. The molecule has 2 aromatic carbocycles. The van der Waals surface area contributed by atoms with E-state index in [0.29, 0.717) is 12.2 Å². The van der Waals surface area contributed by atoms with Crippen molar-refractivity contribution in [3.8, 4) is 11.3 Å². The molecule has 1 aliphatic carbocycles. The molecule has 1 heterocycles. The second-order valence-electron chi connectivity index (χ2n) is 7.55. The third-order valence-electron chi connectivity index (χ3n) is 5.46. The molecular weight excluding hydrogens is 404 g/mol. The average Bonchev–Trinajstić information content (AvgIpc) is 3.29. The lowest BCUT2D eigenvalue weighted by Gasteiger charge is -2.15. The fraction of sp³-hybridized carbons (Fsp3) is 0.154. The Bertz CT molecular complexity index is 1170. The molecule has 1 aromatic heterocycles. The van der Waals surface area contributed by atoms with Gasteiger partial charge in [-0.3, -0.25) is 4.79 Å². The predicted molar refractivity (Wildman–Crippen MR) is 123 cm³/mol. The van der Waals surface area contributed by atoms with E-state index in [1.165, 1.54) is 12.1 Å². The van der Waals surface area contributed by atoms with Gasteiger partial charge < -0.3 is 20.1 Å². The van der Waals surface area contributed by atoms with Gasteiger partial charge in [-0.25, -0.2) is 4.79 Å². The quantitative estimate of drug-likeness (QED) is 0.510. The van der Waals surface area contributed by atoms with Gasteiger partial charge in [-0.15, -0.1) is 0 Å². The number of carbonyl (C=O) groups is 2. The van der Waals surface area contributed by atoms with Gasteiger partial charge >= 0.3 is 5.97 Å². The van der Waals surface area contributed by atoms with Crippen LogP contribution in [0.2, 0.25) is 0 Å². The smallest absolute Gasteiger partial charge is 0.335 e. The summed E-state index contributed by atoms with van der Waals surface area (Å²) in [5, 5.41) is 12.0. The molecular formula is C26H24N2O4. The molecule has 3 N–H and O–H groups in total. The minimum absolute atomic E-state index is 0.0392. The first kappa shape index (κ1) is 21.3. The van der Waals surface area contributed by atoms with Crippen LogP contribution in [0.5, 0.6) is 0 Å². The summed E-state index contributed by atoms with van der Waals surface area (Å²) in [4.78, 5) is 27.4. The highest BCUT2D eigenvalue weighted by atomic mass is 16.5. The summed E-state index contributed by atoms with van der Waals surface area (Å²) in [6.45, 7) is 0.290. The molecule has 1 atom stereocenters. The number of hydrogen-bond donors (Lipinski definition) is 3. The first-order valence-electron chi connectivity index (χ1n) is 10.4. The number of carboxylic acid groups (broad SMARTS) is 1. The highest BCUT2D eigenvalue weighted by Crippen LogP contribution is 2.30. The molecule has 0 saturated carbocycles. The van der Waals surface area contributed by atoms with Crippen molar-refractivity contribution in [2.75, 3.05) is 7.11 Å². The van der Waals surface area contributed by atoms with Crippen LogP contribution in [-0.4, -0.2) is 35.2 Å². The summed E-state index contributed by atoms with van der Waals surface area (Å²) < 4.78 is 5.38. The van der Waals surface area contributed by atoms with Crippen molar-refractivity contribution in [2.24, 2.45) is 0 Å². The number of methoxy groups -OCH3 is 1. The van der Waals surface area contributed by atoms with Gasteiger partial charge in [-0.2, -0.15) is 0 Å². The summed E-state index contributed by atoms with van der Waals surface area (Å²) in [5.74, 6) is -1.21. The lowest BCUT2D eigenvalue weighted by atomic mass is 9.97. The SMILES string of the molecule is COC1C=CC(c2cc(-c3ccccc3)[nH]c2C(=O)NCc2ccc(C(=O)O)cc2)=CC1. The Morgan fingerprint density at radius 1 is 1.12 bits per heavy atom. The lowest BCUT2D eigenvalue weighted by molar-refractivity contribution is 0.0696. The Labute approximate surface area is 186 Å². The zero-order chi connectivity index (χ0) is 22.5. The first-order valence-corrected chi connectivity index (χ1v) is 10.4. The van der Waals surface area contributed by atoms with Gasteiger partial charge in [-0.1, -0.05) is 60.7 Å². The Balaban J connectivity index is 1.59. The van der Waals surface area contributed by atoms with Crippen LogP contribution in [0.1, 0.15) is 38.4 Å². The molecule has 0 radical (unpaired) electrons. The maximum Gasteiger partial charge on any atom is 0.335 e. The van der Waals surface area contributed by atoms with Gasteiger partial charge in [0.1, 0.15) is 5.69 Å². The number of aromatic nitrogens is 1. The van der Waals surface area contributed by atoms with Gasteiger partial charge in [0.2, 0.25) is 0 Å². The number of benzene rings is 2. The predicted octanol–water partition coefficient (Wildman–Crippen LogP) is 4.67. The number of carboxylic acids is 1. The van der Waals surface area contributed by atoms with E-state index in [4.69, 9.17) is 9.84 Å². The molecule has 0 fully saturated rings. The van der Waals surface area contributed by atoms with Crippen molar-refractivity contribution in [2.45, 2.75) is 19.1 Å². The summed E-state index contributed by atoms with van der Waals surface area (Å²) in [6.07, 6.45) is 6.84. The number of aromatic carboxylic acids is 1. The fourth-order valence-electron chi connectivity index (χ4n) is 3.65. The Morgan fingerprint density at radius 2 is 1.88 bits per heavy atom. The van der Waals surface area contributed by atoms with Crippen molar-refractivity contribution in [3.05, 3.63) is 101 Å². The van der Waals surface area contributed by atoms with Crippen LogP contribution in [0.4, 0.5) is 0 Å². The minimum atomic E-state index is -0.977. The van der Waals surface area contributed by atoms with E-state index in [9.17, 15) is 9.59 Å². The number of H-pyrrole nitrogens is 1. The van der Waals surface area contributed by atoms with E-state index >= 15 is 0 Å². The van der Waals surface area contributed by atoms with E-state index < -0.39 is 5.97 Å². The summed E-state index contributed by atoms with van der Waals surface area (Å²) in [5.41, 5.74) is 5.16. The van der Waals surface area contributed by atoms with Gasteiger partial charge in [0.25, 0.3) is 5.91 Å². The van der Waals surface area contributed by atoms with Crippen LogP contribution in [0.25, 0.3) is 16.8 Å². The number of hydrogen-bond acceptors (Lipinski definition) is 3. The molecule has 0 spiro atoms. The molecule has 4 rings (SSSR count). The molecule has 6 nitrogen and oxygen atoms in total. The van der Waals surface area contributed by atoms with E-state index in [-0.39, 0.29) is 17.6 Å². The molecule has 32 heavy (non-hydrogen) atoms. The number of amides is 1. The van der Waals surface area contributed by atoms with Crippen LogP contribution < -0.4 is 5.32 Å². The fourth-order valence-corrected chi connectivity index (χ4v) is 3.65. The van der Waals surface area contributed by atoms with E-state index in [1.807, 2.05) is 48.6 Å². The first-order chi connectivity index (χ1) is 15.5. The van der Waals surface area contributed by atoms with Crippen molar-refractivity contribution in [1.82, 2.24) is 10.3 Å². The number of rotatable bonds is 7. The van der Waals surface area contributed by atoms with E-state index in [0.717, 1.165) is 34.4 Å². The normalized spacial score (nSPS) is 15.3. The second-order valence-corrected chi connectivity index (χ2v) is 7.55. The number of nitrogens with one attached hydrogen (secondary N) is 2. The van der Waals surface area contributed by atoms with Crippen molar-refractivity contribution in [1.29, 1.82) is 0 Å². The Hall–Kier alpha value is -3.90. The maximum atomic E-state index is 13.1. The minimum Gasteiger partial charge on any atom is -0.478 e. The van der Waals surface area contributed by atoms with Crippen LogP contribution >= 0.6 is 0 Å². The molecule has 1 amide bonds. The van der Waals surface area contributed by atoms with Crippen molar-refractivity contribution >= 4 is 17.4 Å². The standard InChI is InChI=1S/C26H24N2O4/c1-32-21-13-11-18(12-14-21)22-15-23(19-5-3-2-4-6-19)28-24(22)25(29)27-16-17-7-9-20(10-8-17)26(30)31/h2-13,15,21,28H,14,16H2,1H3,(H,27,29)(H,30,31). The van der Waals surface area contributed by atoms with Crippen LogP contribution in [-0.2, 0) is 11.3 Å². The van der Waals surface area contributed by atoms with E-state index in [2.05, 4.69) is 16.4 Å². The third-order valence-corrected chi connectivity index (χ3v) is 5.46. The number of carbonyl (C=O) groups excluding carboxylic acids is 1. The van der Waals surface area contributed by atoms with Gasteiger partial charge in [-0.05, 0) is 41.3 Å². The van der Waals surface area contributed by atoms with Crippen LogP contribution in [0.3, 0.4) is 0 Å².